The Kier molecular flexibility index (Phi) is 56.8. The Morgan fingerprint density at radius 1 is 0.296 bits per heavy atom. The Morgan fingerprint density at radius 2 is 0.549 bits per heavy atom. The van der Waals surface area contributed by atoms with E-state index in [4.69, 9.17) is 14.2 Å². The molecule has 0 aromatic heterocycles. The fraction of sp³-hybridized carbons (Fsp3) is 0.769. The third-order valence-corrected chi connectivity index (χ3v) is 13.2. The summed E-state index contributed by atoms with van der Waals surface area (Å²) in [4.78, 5) is 38.2. The van der Waals surface area contributed by atoms with Gasteiger partial charge in [0.15, 0.2) is 6.10 Å². The first kappa shape index (κ1) is 67.8. The van der Waals surface area contributed by atoms with E-state index in [9.17, 15) is 14.4 Å². The average Bonchev–Trinajstić information content (AvgIpc) is 3.37. The standard InChI is InChI=1S/C65H114O6/c1-4-7-10-13-16-19-22-25-28-29-30-31-32-33-34-35-38-40-43-46-49-52-55-58-64(67)70-61-62(71-65(68)59-56-53-50-47-44-41-37-27-24-21-18-15-12-9-6-3)60-69-63(66)57-54-51-48-45-42-39-36-26-23-20-17-14-11-8-5-2/h7,10,16,19,25,27-28,30-31,33-34,37,62H,4-6,8-9,11-15,17-18,20-24,26,29,32,35-36,38-61H2,1-3H3/b10-7-,19-16-,28-25-,31-30-,34-33-,37-27-. The smallest absolute Gasteiger partial charge is 0.306 e. The lowest BCUT2D eigenvalue weighted by atomic mass is 10.0. The molecule has 0 bridgehead atoms. The van der Waals surface area contributed by atoms with Gasteiger partial charge in [-0.2, -0.15) is 0 Å². The maximum Gasteiger partial charge on any atom is 0.306 e. The predicted molar refractivity (Wildman–Crippen MR) is 307 cm³/mol. The molecule has 0 aliphatic carbocycles. The van der Waals surface area contributed by atoms with E-state index < -0.39 is 6.10 Å². The van der Waals surface area contributed by atoms with Crippen LogP contribution in [0, 0.1) is 0 Å². The highest BCUT2D eigenvalue weighted by Gasteiger charge is 2.19. The van der Waals surface area contributed by atoms with Crippen molar-refractivity contribution < 1.29 is 28.6 Å². The first-order valence-corrected chi connectivity index (χ1v) is 30.4. The lowest BCUT2D eigenvalue weighted by Crippen LogP contribution is -2.30. The fourth-order valence-corrected chi connectivity index (χ4v) is 8.64. The van der Waals surface area contributed by atoms with Crippen molar-refractivity contribution in [3.05, 3.63) is 72.9 Å². The van der Waals surface area contributed by atoms with Gasteiger partial charge in [0.05, 0.1) is 0 Å². The molecule has 6 heteroatoms. The van der Waals surface area contributed by atoms with Crippen LogP contribution in [0.5, 0.6) is 0 Å². The van der Waals surface area contributed by atoms with Crippen molar-refractivity contribution in [1.82, 2.24) is 0 Å². The molecule has 0 amide bonds. The number of hydrogen-bond donors (Lipinski definition) is 0. The summed E-state index contributed by atoms with van der Waals surface area (Å²) in [6.45, 7) is 6.54. The summed E-state index contributed by atoms with van der Waals surface area (Å²) in [7, 11) is 0. The Labute approximate surface area is 440 Å². The monoisotopic (exact) mass is 991 g/mol. The van der Waals surface area contributed by atoms with E-state index in [0.29, 0.717) is 19.3 Å². The maximum atomic E-state index is 12.9. The van der Waals surface area contributed by atoms with Gasteiger partial charge in [-0.1, -0.05) is 267 Å². The van der Waals surface area contributed by atoms with Crippen LogP contribution in [0.15, 0.2) is 72.9 Å². The number of esters is 3. The summed E-state index contributed by atoms with van der Waals surface area (Å²) in [6.07, 6.45) is 76.1. The van der Waals surface area contributed by atoms with E-state index in [1.165, 1.54) is 154 Å². The second-order valence-electron chi connectivity index (χ2n) is 20.2. The Balaban J connectivity index is 4.36. The van der Waals surface area contributed by atoms with Gasteiger partial charge in [0.1, 0.15) is 13.2 Å². The number of ether oxygens (including phenoxy) is 3. The first-order valence-electron chi connectivity index (χ1n) is 30.4. The van der Waals surface area contributed by atoms with Gasteiger partial charge in [-0.15, -0.1) is 0 Å². The van der Waals surface area contributed by atoms with Crippen LogP contribution in [0.4, 0.5) is 0 Å². The van der Waals surface area contributed by atoms with Crippen LogP contribution >= 0.6 is 0 Å². The van der Waals surface area contributed by atoms with Gasteiger partial charge in [-0.05, 0) is 89.9 Å². The quantitative estimate of drug-likeness (QED) is 0.0261. The Bertz CT molecular complexity index is 1320. The molecule has 6 nitrogen and oxygen atoms in total. The number of unbranched alkanes of at least 4 members (excludes halogenated alkanes) is 32. The molecule has 0 radical (unpaired) electrons. The predicted octanol–water partition coefficient (Wildman–Crippen LogP) is 20.5. The zero-order chi connectivity index (χ0) is 51.4. The zero-order valence-corrected chi connectivity index (χ0v) is 47.0. The SMILES string of the molecule is CC/C=C\C/C=C\C/C=C\C/C=C\C/C=C\CCCCCCCCCC(=O)OCC(COC(=O)CCCCCCCCCCCCCCCCC)OC(=O)CCCCCCC/C=C\CCCCCCCC. The average molecular weight is 992 g/mol. The van der Waals surface area contributed by atoms with Crippen LogP contribution in [-0.2, 0) is 28.6 Å². The first-order chi connectivity index (χ1) is 35.0. The Hall–Kier alpha value is -3.15. The fourth-order valence-electron chi connectivity index (χ4n) is 8.64. The summed E-state index contributed by atoms with van der Waals surface area (Å²) in [5.41, 5.74) is 0. The van der Waals surface area contributed by atoms with Crippen LogP contribution in [-0.4, -0.2) is 37.2 Å². The van der Waals surface area contributed by atoms with Crippen molar-refractivity contribution in [2.75, 3.05) is 13.2 Å². The molecule has 0 aliphatic rings. The van der Waals surface area contributed by atoms with Gasteiger partial charge >= 0.3 is 17.9 Å². The number of carbonyl (C=O) groups is 3. The molecule has 0 saturated carbocycles. The minimum absolute atomic E-state index is 0.0793. The highest BCUT2D eigenvalue weighted by atomic mass is 16.6. The van der Waals surface area contributed by atoms with Crippen LogP contribution in [0.2, 0.25) is 0 Å². The molecular formula is C65H114O6. The third kappa shape index (κ3) is 57.6. The van der Waals surface area contributed by atoms with E-state index in [2.05, 4.69) is 93.7 Å². The molecule has 0 heterocycles. The number of rotatable bonds is 55. The van der Waals surface area contributed by atoms with Gasteiger partial charge in [0, 0.05) is 19.3 Å². The summed E-state index contributed by atoms with van der Waals surface area (Å²) >= 11 is 0. The molecule has 1 atom stereocenters. The van der Waals surface area contributed by atoms with E-state index >= 15 is 0 Å². The number of carbonyl (C=O) groups excluding carboxylic acids is 3. The van der Waals surface area contributed by atoms with Crippen LogP contribution in [0.3, 0.4) is 0 Å². The number of allylic oxidation sites excluding steroid dienone is 12. The molecule has 0 N–H and O–H groups in total. The topological polar surface area (TPSA) is 78.9 Å². The summed E-state index contributed by atoms with van der Waals surface area (Å²) in [5.74, 6) is -0.886. The highest BCUT2D eigenvalue weighted by molar-refractivity contribution is 5.71. The van der Waals surface area contributed by atoms with E-state index in [1.54, 1.807) is 0 Å². The van der Waals surface area contributed by atoms with Crippen molar-refractivity contribution in [2.45, 2.75) is 309 Å². The Morgan fingerprint density at radius 3 is 0.873 bits per heavy atom. The molecule has 0 aromatic rings. The third-order valence-electron chi connectivity index (χ3n) is 13.2. The van der Waals surface area contributed by atoms with Gasteiger partial charge in [0.2, 0.25) is 0 Å². The maximum absolute atomic E-state index is 12.9. The minimum Gasteiger partial charge on any atom is -0.462 e. The van der Waals surface area contributed by atoms with Gasteiger partial charge < -0.3 is 14.2 Å². The zero-order valence-electron chi connectivity index (χ0n) is 47.0. The largest absolute Gasteiger partial charge is 0.462 e. The lowest BCUT2D eigenvalue weighted by molar-refractivity contribution is -0.167. The number of hydrogen-bond acceptors (Lipinski definition) is 6. The molecule has 71 heavy (non-hydrogen) atoms. The van der Waals surface area contributed by atoms with E-state index in [-0.39, 0.29) is 31.1 Å². The van der Waals surface area contributed by atoms with Crippen LogP contribution < -0.4 is 0 Å². The molecule has 410 valence electrons. The molecule has 1 unspecified atom stereocenters. The second kappa shape index (κ2) is 59.4. The molecule has 0 fully saturated rings. The molecule has 0 aliphatic heterocycles. The van der Waals surface area contributed by atoms with Crippen molar-refractivity contribution in [3.63, 3.8) is 0 Å². The van der Waals surface area contributed by atoms with Gasteiger partial charge in [-0.25, -0.2) is 0 Å². The minimum atomic E-state index is -0.783. The van der Waals surface area contributed by atoms with Gasteiger partial charge in [0.25, 0.3) is 0 Å². The highest BCUT2D eigenvalue weighted by Crippen LogP contribution is 2.16. The van der Waals surface area contributed by atoms with Crippen molar-refractivity contribution in [2.24, 2.45) is 0 Å². The van der Waals surface area contributed by atoms with E-state index in [1.807, 2.05) is 0 Å². The van der Waals surface area contributed by atoms with Crippen molar-refractivity contribution in [1.29, 1.82) is 0 Å². The molecule has 0 aromatic carbocycles. The summed E-state index contributed by atoms with van der Waals surface area (Å²) in [6, 6.07) is 0. The lowest BCUT2D eigenvalue weighted by Gasteiger charge is -2.18. The van der Waals surface area contributed by atoms with Crippen molar-refractivity contribution in [3.8, 4) is 0 Å². The summed E-state index contributed by atoms with van der Waals surface area (Å²) < 4.78 is 16.9. The van der Waals surface area contributed by atoms with E-state index in [0.717, 1.165) is 109 Å². The van der Waals surface area contributed by atoms with Gasteiger partial charge in [-0.3, -0.25) is 14.4 Å². The van der Waals surface area contributed by atoms with Crippen LogP contribution in [0.1, 0.15) is 303 Å². The second-order valence-corrected chi connectivity index (χ2v) is 20.2. The summed E-state index contributed by atoms with van der Waals surface area (Å²) in [5, 5.41) is 0. The molecule has 0 saturated heterocycles. The normalized spacial score (nSPS) is 12.5. The molecular weight excluding hydrogens is 877 g/mol. The molecule has 0 spiro atoms. The molecule has 0 rings (SSSR count). The van der Waals surface area contributed by atoms with Crippen LogP contribution in [0.25, 0.3) is 0 Å². The van der Waals surface area contributed by atoms with Crippen molar-refractivity contribution >= 4 is 17.9 Å².